The van der Waals surface area contributed by atoms with Crippen LogP contribution in [0.15, 0.2) is 12.1 Å². The maximum atomic E-state index is 11.2. The van der Waals surface area contributed by atoms with Crippen molar-refractivity contribution in [2.45, 2.75) is 32.9 Å². The Morgan fingerprint density at radius 3 is 3.05 bits per heavy atom. The van der Waals surface area contributed by atoms with Crippen LogP contribution >= 0.6 is 0 Å². The molecule has 3 N–H and O–H groups in total. The number of ether oxygens (including phenoxy) is 2. The molecule has 19 heavy (non-hydrogen) atoms. The number of nitrogens with two attached hydrogens (primary N) is 1. The predicted molar refractivity (Wildman–Crippen MR) is 72.3 cm³/mol. The summed E-state index contributed by atoms with van der Waals surface area (Å²) in [5.74, 6) is 1.50. The lowest BCUT2D eigenvalue weighted by Crippen LogP contribution is -2.29. The molecule has 1 aromatic rings. The summed E-state index contributed by atoms with van der Waals surface area (Å²) in [6.45, 7) is 4.96. The number of carbonyl (C=O) groups is 1. The van der Waals surface area contributed by atoms with E-state index in [-0.39, 0.29) is 18.6 Å². The Bertz CT molecular complexity index is 474. The van der Waals surface area contributed by atoms with Crippen LogP contribution in [0.2, 0.25) is 0 Å². The van der Waals surface area contributed by atoms with Gasteiger partial charge in [0.15, 0.2) is 0 Å². The molecule has 0 aliphatic carbocycles. The van der Waals surface area contributed by atoms with Crippen molar-refractivity contribution in [3.05, 3.63) is 23.3 Å². The average Bonchev–Trinajstić information content (AvgIpc) is 2.75. The van der Waals surface area contributed by atoms with Gasteiger partial charge in [-0.25, -0.2) is 0 Å². The van der Waals surface area contributed by atoms with Gasteiger partial charge in [0.1, 0.15) is 17.6 Å². The fourth-order valence-electron chi connectivity index (χ4n) is 2.18. The van der Waals surface area contributed by atoms with Crippen molar-refractivity contribution < 1.29 is 14.3 Å². The fraction of sp³-hybridized carbons (Fsp3) is 0.500. The van der Waals surface area contributed by atoms with E-state index in [0.717, 1.165) is 29.0 Å². The Kier molecular flexibility index (Phi) is 4.27. The van der Waals surface area contributed by atoms with Crippen molar-refractivity contribution in [3.8, 4) is 11.5 Å². The first-order valence-corrected chi connectivity index (χ1v) is 6.56. The molecule has 0 saturated heterocycles. The summed E-state index contributed by atoms with van der Waals surface area (Å²) in [6.07, 6.45) is 1.09. The number of benzene rings is 1. The van der Waals surface area contributed by atoms with Gasteiger partial charge in [-0.2, -0.15) is 0 Å². The highest BCUT2D eigenvalue weighted by Crippen LogP contribution is 2.35. The molecule has 0 spiro atoms. The Morgan fingerprint density at radius 1 is 1.58 bits per heavy atom. The Hall–Kier alpha value is -1.75. The molecule has 1 aromatic carbocycles. The third-order valence-corrected chi connectivity index (χ3v) is 3.04. The van der Waals surface area contributed by atoms with Gasteiger partial charge in [0.25, 0.3) is 0 Å². The normalized spacial score (nSPS) is 16.7. The third kappa shape index (κ3) is 3.17. The van der Waals surface area contributed by atoms with Crippen LogP contribution < -0.4 is 20.5 Å². The van der Waals surface area contributed by atoms with E-state index in [1.54, 1.807) is 0 Å². The number of amides is 1. The summed E-state index contributed by atoms with van der Waals surface area (Å²) in [5, 5.41) is 2.75. The summed E-state index contributed by atoms with van der Waals surface area (Å²) >= 11 is 0. The Morgan fingerprint density at radius 2 is 2.37 bits per heavy atom. The van der Waals surface area contributed by atoms with Gasteiger partial charge in [-0.1, -0.05) is 0 Å². The number of fused-ring (bicyclic) bond motifs is 1. The topological polar surface area (TPSA) is 73.6 Å². The van der Waals surface area contributed by atoms with E-state index in [1.165, 1.54) is 0 Å². The van der Waals surface area contributed by atoms with Crippen molar-refractivity contribution >= 4 is 5.91 Å². The minimum absolute atomic E-state index is 0.0115. The van der Waals surface area contributed by atoms with Gasteiger partial charge in [0.05, 0.1) is 13.2 Å². The van der Waals surface area contributed by atoms with E-state index in [0.29, 0.717) is 13.2 Å². The number of rotatable bonds is 5. The van der Waals surface area contributed by atoms with Crippen molar-refractivity contribution in [2.75, 3.05) is 13.2 Å². The smallest absolute Gasteiger partial charge is 0.234 e. The number of hydrogen-bond acceptors (Lipinski definition) is 4. The molecular formula is C14H20N2O3. The fourth-order valence-corrected chi connectivity index (χ4v) is 2.18. The largest absolute Gasteiger partial charge is 0.494 e. The van der Waals surface area contributed by atoms with E-state index in [1.807, 2.05) is 26.0 Å². The minimum atomic E-state index is -0.183. The van der Waals surface area contributed by atoms with E-state index in [9.17, 15) is 4.79 Å². The Labute approximate surface area is 113 Å². The molecular weight excluding hydrogens is 244 g/mol. The number of hydrogen-bond donors (Lipinski definition) is 2. The highest BCUT2D eigenvalue weighted by Gasteiger charge is 2.21. The molecule has 0 saturated carbocycles. The van der Waals surface area contributed by atoms with Crippen molar-refractivity contribution in [3.63, 3.8) is 0 Å². The lowest BCUT2D eigenvalue weighted by molar-refractivity contribution is -0.119. The van der Waals surface area contributed by atoms with Crippen LogP contribution in [0.3, 0.4) is 0 Å². The van der Waals surface area contributed by atoms with Crippen LogP contribution in [0, 0.1) is 0 Å². The summed E-state index contributed by atoms with van der Waals surface area (Å²) in [4.78, 5) is 11.2. The van der Waals surface area contributed by atoms with Crippen molar-refractivity contribution in [1.82, 2.24) is 5.32 Å². The molecule has 0 fully saturated rings. The predicted octanol–water partition coefficient (Wildman–Crippen LogP) is 0.984. The van der Waals surface area contributed by atoms with Crippen LogP contribution in [0.1, 0.15) is 25.0 Å². The zero-order valence-corrected chi connectivity index (χ0v) is 11.4. The second kappa shape index (κ2) is 5.93. The van der Waals surface area contributed by atoms with Gasteiger partial charge in [-0.15, -0.1) is 0 Å². The highest BCUT2D eigenvalue weighted by atomic mass is 16.5. The number of carbonyl (C=O) groups excluding carboxylic acids is 1. The monoisotopic (exact) mass is 264 g/mol. The summed E-state index contributed by atoms with van der Waals surface area (Å²) in [5.41, 5.74) is 7.34. The van der Waals surface area contributed by atoms with E-state index < -0.39 is 0 Å². The first-order valence-electron chi connectivity index (χ1n) is 6.56. The molecule has 0 bridgehead atoms. The molecule has 0 radical (unpaired) electrons. The van der Waals surface area contributed by atoms with Crippen molar-refractivity contribution in [2.24, 2.45) is 5.73 Å². The maximum Gasteiger partial charge on any atom is 0.234 e. The maximum absolute atomic E-state index is 11.2. The van der Waals surface area contributed by atoms with Gasteiger partial charge in [-0.3, -0.25) is 4.79 Å². The lowest BCUT2D eigenvalue weighted by atomic mass is 10.1. The van der Waals surface area contributed by atoms with Gasteiger partial charge >= 0.3 is 0 Å². The minimum Gasteiger partial charge on any atom is -0.494 e. The lowest BCUT2D eigenvalue weighted by Gasteiger charge is -2.13. The van der Waals surface area contributed by atoms with Crippen LogP contribution in [-0.4, -0.2) is 25.2 Å². The molecule has 1 aliphatic rings. The van der Waals surface area contributed by atoms with Gasteiger partial charge in [-0.05, 0) is 26.0 Å². The number of nitrogens with one attached hydrogen (secondary N) is 1. The molecule has 1 heterocycles. The van der Waals surface area contributed by atoms with E-state index >= 15 is 0 Å². The van der Waals surface area contributed by atoms with Crippen LogP contribution in [0.5, 0.6) is 11.5 Å². The first-order chi connectivity index (χ1) is 9.13. The summed E-state index contributed by atoms with van der Waals surface area (Å²) in [6, 6.07) is 3.95. The van der Waals surface area contributed by atoms with Crippen LogP contribution in [0.25, 0.3) is 0 Å². The molecule has 1 unspecified atom stereocenters. The van der Waals surface area contributed by atoms with E-state index in [2.05, 4.69) is 5.32 Å². The van der Waals surface area contributed by atoms with E-state index in [4.69, 9.17) is 15.2 Å². The van der Waals surface area contributed by atoms with Crippen molar-refractivity contribution in [1.29, 1.82) is 0 Å². The molecule has 104 valence electrons. The zero-order chi connectivity index (χ0) is 13.8. The van der Waals surface area contributed by atoms with Gasteiger partial charge in [0, 0.05) is 24.1 Å². The molecule has 2 rings (SSSR count). The second-order valence-corrected chi connectivity index (χ2v) is 4.61. The van der Waals surface area contributed by atoms with Crippen LogP contribution in [0.4, 0.5) is 0 Å². The second-order valence-electron chi connectivity index (χ2n) is 4.61. The molecule has 5 nitrogen and oxygen atoms in total. The quantitative estimate of drug-likeness (QED) is 0.831. The molecule has 0 aromatic heterocycles. The standard InChI is InChI=1S/C14H20N2O3/c1-3-18-12-5-10-4-9(2)19-13(10)6-11(12)8-16-14(17)7-15/h5-6,9H,3-4,7-8,15H2,1-2H3,(H,16,17). The summed E-state index contributed by atoms with van der Waals surface area (Å²) < 4.78 is 11.3. The molecule has 1 aliphatic heterocycles. The highest BCUT2D eigenvalue weighted by molar-refractivity contribution is 5.77. The van der Waals surface area contributed by atoms with Gasteiger partial charge in [0.2, 0.25) is 5.91 Å². The molecule has 5 heteroatoms. The third-order valence-electron chi connectivity index (χ3n) is 3.04. The summed E-state index contributed by atoms with van der Waals surface area (Å²) in [7, 11) is 0. The molecule has 1 atom stereocenters. The molecule has 1 amide bonds. The zero-order valence-electron chi connectivity index (χ0n) is 11.4. The SMILES string of the molecule is CCOc1cc2c(cc1CNC(=O)CN)OC(C)C2. The van der Waals surface area contributed by atoms with Gasteiger partial charge < -0.3 is 20.5 Å². The first kappa shape index (κ1) is 13.7. The van der Waals surface area contributed by atoms with Crippen LogP contribution in [-0.2, 0) is 17.8 Å². The Balaban J connectivity index is 2.20. The average molecular weight is 264 g/mol.